The minimum absolute atomic E-state index is 0.0326. The minimum atomic E-state index is -0.167. The van der Waals surface area contributed by atoms with Gasteiger partial charge >= 0.3 is 6.03 Å². The SMILES string of the molecule is CC1(C)CCC(NC(=O)NCC2CCCC(O)C2)CC1. The summed E-state index contributed by atoms with van der Waals surface area (Å²) in [6, 6.07) is 0.301. The molecule has 2 rings (SSSR count). The molecular weight excluding hydrogens is 252 g/mol. The number of rotatable bonds is 3. The summed E-state index contributed by atoms with van der Waals surface area (Å²) >= 11 is 0. The van der Waals surface area contributed by atoms with E-state index in [0.717, 1.165) is 38.5 Å². The fourth-order valence-corrected chi connectivity index (χ4v) is 3.47. The molecule has 4 heteroatoms. The van der Waals surface area contributed by atoms with Gasteiger partial charge in [-0.05, 0) is 56.3 Å². The maximum absolute atomic E-state index is 11.9. The predicted octanol–water partition coefficient (Wildman–Crippen LogP) is 2.81. The number of aliphatic hydroxyl groups is 1. The van der Waals surface area contributed by atoms with Crippen LogP contribution in [0.25, 0.3) is 0 Å². The van der Waals surface area contributed by atoms with E-state index >= 15 is 0 Å². The van der Waals surface area contributed by atoms with E-state index in [2.05, 4.69) is 24.5 Å². The van der Waals surface area contributed by atoms with E-state index in [0.29, 0.717) is 23.9 Å². The third kappa shape index (κ3) is 4.97. The van der Waals surface area contributed by atoms with Crippen LogP contribution in [0.15, 0.2) is 0 Å². The Labute approximate surface area is 122 Å². The highest BCUT2D eigenvalue weighted by molar-refractivity contribution is 5.74. The maximum atomic E-state index is 11.9. The Bertz CT molecular complexity index is 320. The van der Waals surface area contributed by atoms with Crippen molar-refractivity contribution in [3.05, 3.63) is 0 Å². The van der Waals surface area contributed by atoms with Gasteiger partial charge in [0.15, 0.2) is 0 Å². The average Bonchev–Trinajstić information content (AvgIpc) is 2.39. The van der Waals surface area contributed by atoms with E-state index in [1.807, 2.05) is 0 Å². The molecule has 0 aromatic rings. The van der Waals surface area contributed by atoms with Crippen LogP contribution in [0.3, 0.4) is 0 Å². The second-order valence-corrected chi connectivity index (χ2v) is 7.48. The lowest BCUT2D eigenvalue weighted by molar-refractivity contribution is 0.101. The molecule has 0 bridgehead atoms. The monoisotopic (exact) mass is 282 g/mol. The average molecular weight is 282 g/mol. The fraction of sp³-hybridized carbons (Fsp3) is 0.938. The van der Waals surface area contributed by atoms with Gasteiger partial charge in [0.1, 0.15) is 0 Å². The van der Waals surface area contributed by atoms with Crippen molar-refractivity contribution in [2.75, 3.05) is 6.54 Å². The number of aliphatic hydroxyl groups excluding tert-OH is 1. The third-order valence-corrected chi connectivity index (χ3v) is 4.98. The van der Waals surface area contributed by atoms with Crippen molar-refractivity contribution in [2.45, 2.75) is 77.4 Å². The van der Waals surface area contributed by atoms with Gasteiger partial charge < -0.3 is 15.7 Å². The molecule has 2 atom stereocenters. The Hall–Kier alpha value is -0.770. The molecule has 20 heavy (non-hydrogen) atoms. The predicted molar refractivity (Wildman–Crippen MR) is 80.5 cm³/mol. The normalized spacial score (nSPS) is 30.8. The first kappa shape index (κ1) is 15.6. The van der Waals surface area contributed by atoms with Gasteiger partial charge in [-0.1, -0.05) is 20.3 Å². The molecule has 4 nitrogen and oxygen atoms in total. The van der Waals surface area contributed by atoms with Crippen LogP contribution in [0, 0.1) is 11.3 Å². The number of urea groups is 1. The van der Waals surface area contributed by atoms with Crippen LogP contribution in [-0.2, 0) is 0 Å². The van der Waals surface area contributed by atoms with E-state index in [4.69, 9.17) is 0 Å². The Morgan fingerprint density at radius 3 is 2.55 bits per heavy atom. The summed E-state index contributed by atoms with van der Waals surface area (Å²) in [4.78, 5) is 11.9. The number of carbonyl (C=O) groups is 1. The molecule has 3 N–H and O–H groups in total. The molecule has 2 saturated carbocycles. The van der Waals surface area contributed by atoms with Gasteiger partial charge in [-0.25, -0.2) is 4.79 Å². The van der Waals surface area contributed by atoms with Gasteiger partial charge in [0, 0.05) is 12.6 Å². The summed E-state index contributed by atoms with van der Waals surface area (Å²) in [5.74, 6) is 0.440. The number of amides is 2. The Kier molecular flexibility index (Phi) is 5.30. The Morgan fingerprint density at radius 2 is 1.90 bits per heavy atom. The lowest BCUT2D eigenvalue weighted by atomic mass is 9.76. The molecule has 2 amide bonds. The van der Waals surface area contributed by atoms with Crippen LogP contribution in [-0.4, -0.2) is 29.8 Å². The zero-order chi connectivity index (χ0) is 14.6. The Balaban J connectivity index is 1.63. The van der Waals surface area contributed by atoms with Crippen molar-refractivity contribution in [3.8, 4) is 0 Å². The number of hydrogen-bond acceptors (Lipinski definition) is 2. The molecule has 116 valence electrons. The highest BCUT2D eigenvalue weighted by atomic mass is 16.3. The van der Waals surface area contributed by atoms with Crippen molar-refractivity contribution in [1.82, 2.24) is 10.6 Å². The third-order valence-electron chi connectivity index (χ3n) is 4.98. The van der Waals surface area contributed by atoms with Crippen molar-refractivity contribution in [1.29, 1.82) is 0 Å². The first-order valence-corrected chi connectivity index (χ1v) is 8.17. The van der Waals surface area contributed by atoms with Crippen molar-refractivity contribution in [2.24, 2.45) is 11.3 Å². The molecule has 2 aliphatic rings. The summed E-state index contributed by atoms with van der Waals surface area (Å²) in [7, 11) is 0. The molecule has 0 aromatic heterocycles. The van der Waals surface area contributed by atoms with Gasteiger partial charge in [0.2, 0.25) is 0 Å². The fourth-order valence-electron chi connectivity index (χ4n) is 3.47. The second kappa shape index (κ2) is 6.79. The Morgan fingerprint density at radius 1 is 1.20 bits per heavy atom. The summed E-state index contributed by atoms with van der Waals surface area (Å²) in [5.41, 5.74) is 0.437. The largest absolute Gasteiger partial charge is 0.393 e. The minimum Gasteiger partial charge on any atom is -0.393 e. The van der Waals surface area contributed by atoms with Gasteiger partial charge in [0.25, 0.3) is 0 Å². The van der Waals surface area contributed by atoms with Crippen LogP contribution in [0.2, 0.25) is 0 Å². The van der Waals surface area contributed by atoms with Crippen molar-refractivity contribution >= 4 is 6.03 Å². The lowest BCUT2D eigenvalue weighted by Crippen LogP contribution is -2.46. The molecule has 0 heterocycles. The van der Waals surface area contributed by atoms with Gasteiger partial charge in [-0.2, -0.15) is 0 Å². The highest BCUT2D eigenvalue weighted by Crippen LogP contribution is 2.34. The van der Waals surface area contributed by atoms with Crippen LogP contribution < -0.4 is 10.6 Å². The summed E-state index contributed by atoms with van der Waals surface area (Å²) < 4.78 is 0. The molecule has 0 radical (unpaired) electrons. The van der Waals surface area contributed by atoms with E-state index in [1.54, 1.807) is 0 Å². The molecule has 0 spiro atoms. The smallest absolute Gasteiger partial charge is 0.315 e. The molecule has 2 unspecified atom stereocenters. The molecule has 0 saturated heterocycles. The molecule has 2 aliphatic carbocycles. The maximum Gasteiger partial charge on any atom is 0.315 e. The number of carbonyl (C=O) groups excluding carboxylic acids is 1. The standard InChI is InChI=1S/C16H30N2O2/c1-16(2)8-6-13(7-9-16)18-15(20)17-11-12-4-3-5-14(19)10-12/h12-14,19H,3-11H2,1-2H3,(H2,17,18,20). The zero-order valence-electron chi connectivity index (χ0n) is 13.0. The highest BCUT2D eigenvalue weighted by Gasteiger charge is 2.27. The van der Waals surface area contributed by atoms with E-state index in [1.165, 1.54) is 12.8 Å². The summed E-state index contributed by atoms with van der Waals surface area (Å²) in [6.45, 7) is 5.30. The van der Waals surface area contributed by atoms with Gasteiger partial charge in [-0.15, -0.1) is 0 Å². The lowest BCUT2D eigenvalue weighted by Gasteiger charge is -2.34. The van der Waals surface area contributed by atoms with E-state index in [9.17, 15) is 9.90 Å². The van der Waals surface area contributed by atoms with E-state index < -0.39 is 0 Å². The first-order chi connectivity index (χ1) is 9.44. The zero-order valence-corrected chi connectivity index (χ0v) is 13.0. The van der Waals surface area contributed by atoms with Crippen molar-refractivity contribution < 1.29 is 9.90 Å². The molecule has 0 aliphatic heterocycles. The van der Waals surface area contributed by atoms with Crippen LogP contribution in [0.4, 0.5) is 4.79 Å². The molecule has 2 fully saturated rings. The first-order valence-electron chi connectivity index (χ1n) is 8.17. The molecule has 0 aromatic carbocycles. The van der Waals surface area contributed by atoms with Crippen LogP contribution in [0.1, 0.15) is 65.2 Å². The van der Waals surface area contributed by atoms with Crippen LogP contribution >= 0.6 is 0 Å². The van der Waals surface area contributed by atoms with E-state index in [-0.39, 0.29) is 12.1 Å². The van der Waals surface area contributed by atoms with Gasteiger partial charge in [0.05, 0.1) is 6.10 Å². The summed E-state index contributed by atoms with van der Waals surface area (Å²) in [6.07, 6.45) is 8.32. The van der Waals surface area contributed by atoms with Crippen LogP contribution in [0.5, 0.6) is 0 Å². The number of nitrogens with one attached hydrogen (secondary N) is 2. The second-order valence-electron chi connectivity index (χ2n) is 7.48. The van der Waals surface area contributed by atoms with Gasteiger partial charge in [-0.3, -0.25) is 0 Å². The van der Waals surface area contributed by atoms with Crippen molar-refractivity contribution in [3.63, 3.8) is 0 Å². The topological polar surface area (TPSA) is 61.4 Å². The number of hydrogen-bond donors (Lipinski definition) is 3. The quantitative estimate of drug-likeness (QED) is 0.745. The molecular formula is C16H30N2O2. The summed E-state index contributed by atoms with van der Waals surface area (Å²) in [5, 5.41) is 15.7.